The fourth-order valence-electron chi connectivity index (χ4n) is 1.38. The second-order valence-corrected chi connectivity index (χ2v) is 4.68. The number of amidine groups is 1. The van der Waals surface area contributed by atoms with Crippen molar-refractivity contribution in [1.82, 2.24) is 5.06 Å². The van der Waals surface area contributed by atoms with E-state index in [0.29, 0.717) is 12.8 Å². The van der Waals surface area contributed by atoms with Crippen LogP contribution in [0.3, 0.4) is 0 Å². The van der Waals surface area contributed by atoms with E-state index in [2.05, 4.69) is 0 Å². The molecular weight excluding hydrogens is 232 g/mol. The van der Waals surface area contributed by atoms with Gasteiger partial charge in [-0.1, -0.05) is 11.8 Å². The van der Waals surface area contributed by atoms with E-state index >= 15 is 0 Å². The molecule has 0 saturated carbocycles. The Hall–Kier alpha value is -0.340. The average Bonchev–Trinajstić information content (AvgIpc) is 2.30. The van der Waals surface area contributed by atoms with Crippen molar-refractivity contribution in [2.45, 2.75) is 30.5 Å². The SMILES string of the molecule is CON(C)C(=N)S[C@@H]1CCC(O)C(CO)O1. The summed E-state index contributed by atoms with van der Waals surface area (Å²) in [6.45, 7) is -0.203. The Morgan fingerprint density at radius 2 is 2.31 bits per heavy atom. The van der Waals surface area contributed by atoms with Crippen LogP contribution < -0.4 is 0 Å². The van der Waals surface area contributed by atoms with E-state index in [1.54, 1.807) is 7.05 Å². The first kappa shape index (κ1) is 13.7. The van der Waals surface area contributed by atoms with Crippen LogP contribution >= 0.6 is 11.8 Å². The Labute approximate surface area is 99.0 Å². The molecule has 2 unspecified atom stereocenters. The summed E-state index contributed by atoms with van der Waals surface area (Å²) in [6.07, 6.45) is 0.0675. The summed E-state index contributed by atoms with van der Waals surface area (Å²) in [5.74, 6) is 0. The van der Waals surface area contributed by atoms with E-state index in [-0.39, 0.29) is 17.2 Å². The normalized spacial score (nSPS) is 30.1. The first-order valence-corrected chi connectivity index (χ1v) is 5.94. The third kappa shape index (κ3) is 3.60. The van der Waals surface area contributed by atoms with Crippen molar-refractivity contribution >= 4 is 16.9 Å². The molecule has 7 heteroatoms. The summed E-state index contributed by atoms with van der Waals surface area (Å²) in [5, 5.41) is 27.7. The third-order valence-corrected chi connectivity index (χ3v) is 3.53. The number of ether oxygens (including phenoxy) is 1. The summed E-state index contributed by atoms with van der Waals surface area (Å²) in [5.41, 5.74) is -0.217. The van der Waals surface area contributed by atoms with E-state index in [1.807, 2.05) is 0 Å². The second-order valence-electron chi connectivity index (χ2n) is 3.53. The number of aliphatic hydroxyl groups is 2. The number of nitrogens with one attached hydrogen (secondary N) is 1. The molecule has 0 aromatic heterocycles. The lowest BCUT2D eigenvalue weighted by atomic mass is 10.1. The van der Waals surface area contributed by atoms with Gasteiger partial charge in [0.1, 0.15) is 11.5 Å². The van der Waals surface area contributed by atoms with Gasteiger partial charge >= 0.3 is 0 Å². The highest BCUT2D eigenvalue weighted by Crippen LogP contribution is 2.28. The summed E-state index contributed by atoms with van der Waals surface area (Å²) in [4.78, 5) is 4.86. The van der Waals surface area contributed by atoms with Crippen LogP contribution in [0.5, 0.6) is 0 Å². The first-order valence-electron chi connectivity index (χ1n) is 5.06. The number of hydrogen-bond donors (Lipinski definition) is 3. The Morgan fingerprint density at radius 3 is 2.88 bits per heavy atom. The highest BCUT2D eigenvalue weighted by molar-refractivity contribution is 8.14. The molecule has 1 aliphatic rings. The fraction of sp³-hybridized carbons (Fsp3) is 0.889. The molecule has 0 spiro atoms. The second kappa shape index (κ2) is 6.41. The smallest absolute Gasteiger partial charge is 0.182 e. The first-order chi connectivity index (χ1) is 7.58. The quantitative estimate of drug-likeness (QED) is 0.371. The Bertz CT molecular complexity index is 242. The van der Waals surface area contributed by atoms with Crippen LogP contribution in [-0.4, -0.2) is 58.9 Å². The van der Waals surface area contributed by atoms with Crippen LogP contribution in [0.15, 0.2) is 0 Å². The van der Waals surface area contributed by atoms with Gasteiger partial charge in [0.15, 0.2) is 5.17 Å². The molecule has 1 saturated heterocycles. The van der Waals surface area contributed by atoms with E-state index < -0.39 is 12.2 Å². The number of nitrogens with zero attached hydrogens (tertiary/aromatic N) is 1. The van der Waals surface area contributed by atoms with Gasteiger partial charge < -0.3 is 14.9 Å². The van der Waals surface area contributed by atoms with Crippen LogP contribution in [0.1, 0.15) is 12.8 Å². The van der Waals surface area contributed by atoms with Gasteiger partial charge in [-0.05, 0) is 12.8 Å². The Morgan fingerprint density at radius 1 is 1.62 bits per heavy atom. The number of hydrogen-bond acceptors (Lipinski definition) is 6. The maximum absolute atomic E-state index is 9.49. The van der Waals surface area contributed by atoms with E-state index in [0.717, 1.165) is 0 Å². The van der Waals surface area contributed by atoms with Crippen LogP contribution in [-0.2, 0) is 9.57 Å². The zero-order valence-corrected chi connectivity index (χ0v) is 10.2. The van der Waals surface area contributed by atoms with Gasteiger partial charge in [0.05, 0.1) is 19.8 Å². The maximum atomic E-state index is 9.49. The van der Waals surface area contributed by atoms with Crippen molar-refractivity contribution in [1.29, 1.82) is 5.41 Å². The lowest BCUT2D eigenvalue weighted by Crippen LogP contribution is -2.41. The highest BCUT2D eigenvalue weighted by Gasteiger charge is 2.30. The Kier molecular flexibility index (Phi) is 5.50. The third-order valence-electron chi connectivity index (χ3n) is 2.44. The van der Waals surface area contributed by atoms with Gasteiger partial charge in [0, 0.05) is 7.05 Å². The molecule has 3 atom stereocenters. The minimum atomic E-state index is -0.615. The number of rotatable bonds is 3. The zero-order valence-electron chi connectivity index (χ0n) is 9.42. The largest absolute Gasteiger partial charge is 0.394 e. The van der Waals surface area contributed by atoms with Crippen molar-refractivity contribution in [2.75, 3.05) is 20.8 Å². The predicted octanol–water partition coefficient (Wildman–Crippen LogP) is 0.00587. The van der Waals surface area contributed by atoms with Crippen molar-refractivity contribution in [3.8, 4) is 0 Å². The average molecular weight is 250 g/mol. The number of thioether (sulfide) groups is 1. The predicted molar refractivity (Wildman–Crippen MR) is 61.1 cm³/mol. The van der Waals surface area contributed by atoms with Gasteiger partial charge in [0.2, 0.25) is 0 Å². The molecule has 1 rings (SSSR count). The molecule has 0 amide bonds. The number of aliphatic hydroxyl groups excluding tert-OH is 2. The van der Waals surface area contributed by atoms with E-state index in [9.17, 15) is 5.11 Å². The van der Waals surface area contributed by atoms with Crippen molar-refractivity contribution in [2.24, 2.45) is 0 Å². The monoisotopic (exact) mass is 250 g/mol. The van der Waals surface area contributed by atoms with Crippen molar-refractivity contribution in [3.63, 3.8) is 0 Å². The molecule has 1 aliphatic heterocycles. The molecule has 0 aromatic rings. The van der Waals surface area contributed by atoms with Gasteiger partial charge in [0.25, 0.3) is 0 Å². The maximum Gasteiger partial charge on any atom is 0.182 e. The van der Waals surface area contributed by atoms with E-state index in [1.165, 1.54) is 23.9 Å². The van der Waals surface area contributed by atoms with Gasteiger partial charge in [-0.3, -0.25) is 10.2 Å². The molecular formula is C9H18N2O4S. The molecule has 16 heavy (non-hydrogen) atoms. The summed E-state index contributed by atoms with van der Waals surface area (Å²) < 4.78 is 5.45. The lowest BCUT2D eigenvalue weighted by molar-refractivity contribution is -0.106. The van der Waals surface area contributed by atoms with Crippen LogP contribution in [0.2, 0.25) is 0 Å². The van der Waals surface area contributed by atoms with Crippen LogP contribution in [0, 0.1) is 5.41 Å². The molecule has 94 valence electrons. The zero-order chi connectivity index (χ0) is 12.1. The van der Waals surface area contributed by atoms with Crippen LogP contribution in [0.4, 0.5) is 0 Å². The highest BCUT2D eigenvalue weighted by atomic mass is 32.2. The fourth-order valence-corrected chi connectivity index (χ4v) is 2.30. The van der Waals surface area contributed by atoms with Gasteiger partial charge in [-0.2, -0.15) is 0 Å². The van der Waals surface area contributed by atoms with E-state index in [4.69, 9.17) is 20.1 Å². The molecule has 0 bridgehead atoms. The topological polar surface area (TPSA) is 86.0 Å². The van der Waals surface area contributed by atoms with Gasteiger partial charge in [-0.25, -0.2) is 5.06 Å². The molecule has 6 nitrogen and oxygen atoms in total. The molecule has 0 aliphatic carbocycles. The summed E-state index contributed by atoms with van der Waals surface area (Å²) in [7, 11) is 3.12. The van der Waals surface area contributed by atoms with Crippen molar-refractivity contribution < 1.29 is 19.8 Å². The molecule has 1 heterocycles. The summed E-state index contributed by atoms with van der Waals surface area (Å²) in [6, 6.07) is 0. The minimum absolute atomic E-state index is 0.203. The molecule has 0 aromatic carbocycles. The minimum Gasteiger partial charge on any atom is -0.394 e. The molecule has 0 radical (unpaired) electrons. The van der Waals surface area contributed by atoms with Crippen LogP contribution in [0.25, 0.3) is 0 Å². The number of hydroxylamine groups is 2. The molecule has 3 N–H and O–H groups in total. The van der Waals surface area contributed by atoms with Gasteiger partial charge in [-0.15, -0.1) is 0 Å². The lowest BCUT2D eigenvalue weighted by Gasteiger charge is -2.33. The molecule has 1 fully saturated rings. The van der Waals surface area contributed by atoms with Crippen molar-refractivity contribution in [3.05, 3.63) is 0 Å². The Balaban J connectivity index is 2.41. The summed E-state index contributed by atoms with van der Waals surface area (Å²) >= 11 is 1.21. The standard InChI is InChI=1S/C9H18N2O4S/c1-11(14-2)9(10)16-8-4-3-6(13)7(5-12)15-8/h6-8,10,12-13H,3-5H2,1-2H3/t6?,7?,8-/m1/s1.